The molecular weight excluding hydrogens is 216 g/mol. The van der Waals surface area contributed by atoms with Gasteiger partial charge in [0.05, 0.1) is 12.5 Å². The van der Waals surface area contributed by atoms with E-state index in [1.165, 1.54) is 0 Å². The summed E-state index contributed by atoms with van der Waals surface area (Å²) in [6, 6.07) is 0.141. The fourth-order valence-corrected chi connectivity index (χ4v) is 2.13. The molecule has 1 aliphatic heterocycles. The first kappa shape index (κ1) is 14.5. The van der Waals surface area contributed by atoms with Crippen molar-refractivity contribution in [2.75, 3.05) is 19.8 Å². The van der Waals surface area contributed by atoms with Gasteiger partial charge in [0, 0.05) is 12.6 Å². The van der Waals surface area contributed by atoms with Crippen LogP contribution < -0.4 is 11.1 Å². The highest BCUT2D eigenvalue weighted by molar-refractivity contribution is 5.79. The van der Waals surface area contributed by atoms with E-state index < -0.39 is 0 Å². The molecule has 1 amide bonds. The average molecular weight is 242 g/mol. The highest BCUT2D eigenvalue weighted by Crippen LogP contribution is 2.22. The molecule has 0 radical (unpaired) electrons. The standard InChI is InChI=1S/C13H26N2O2/c1-13(2,3)11(6-7-14)15-12(16)10-5-4-8-17-9-10/h10-11H,4-9,14H2,1-3H3,(H,15,16). The molecule has 0 aromatic rings. The average Bonchev–Trinajstić information content (AvgIpc) is 2.28. The minimum absolute atomic E-state index is 0.0198. The molecular formula is C13H26N2O2. The maximum absolute atomic E-state index is 12.1. The van der Waals surface area contributed by atoms with Crippen LogP contribution in [0.2, 0.25) is 0 Å². The minimum Gasteiger partial charge on any atom is -0.381 e. The lowest BCUT2D eigenvalue weighted by Gasteiger charge is -2.33. The molecule has 2 unspecified atom stereocenters. The normalized spacial score (nSPS) is 23.2. The molecule has 1 fully saturated rings. The van der Waals surface area contributed by atoms with Crippen LogP contribution in [0.5, 0.6) is 0 Å². The summed E-state index contributed by atoms with van der Waals surface area (Å²) in [7, 11) is 0. The van der Waals surface area contributed by atoms with Crippen molar-refractivity contribution in [1.82, 2.24) is 5.32 Å². The number of hydrogen-bond acceptors (Lipinski definition) is 3. The van der Waals surface area contributed by atoms with Crippen LogP contribution in [-0.2, 0) is 9.53 Å². The van der Waals surface area contributed by atoms with E-state index in [2.05, 4.69) is 26.1 Å². The second-order valence-corrected chi connectivity index (χ2v) is 5.92. The summed E-state index contributed by atoms with van der Waals surface area (Å²) >= 11 is 0. The molecule has 2 atom stereocenters. The Bertz CT molecular complexity index is 242. The maximum Gasteiger partial charge on any atom is 0.225 e. The van der Waals surface area contributed by atoms with Crippen LogP contribution in [0.25, 0.3) is 0 Å². The van der Waals surface area contributed by atoms with Crippen molar-refractivity contribution in [3.63, 3.8) is 0 Å². The Balaban J connectivity index is 2.51. The zero-order chi connectivity index (χ0) is 12.9. The quantitative estimate of drug-likeness (QED) is 0.781. The Labute approximate surface area is 104 Å². The van der Waals surface area contributed by atoms with Gasteiger partial charge in [-0.1, -0.05) is 20.8 Å². The van der Waals surface area contributed by atoms with Crippen LogP contribution in [0.1, 0.15) is 40.0 Å². The Morgan fingerprint density at radius 1 is 1.53 bits per heavy atom. The van der Waals surface area contributed by atoms with Gasteiger partial charge in [0.2, 0.25) is 5.91 Å². The number of nitrogens with two attached hydrogens (primary N) is 1. The molecule has 0 saturated carbocycles. The van der Waals surface area contributed by atoms with Gasteiger partial charge in [-0.2, -0.15) is 0 Å². The van der Waals surface area contributed by atoms with Gasteiger partial charge >= 0.3 is 0 Å². The molecule has 0 aliphatic carbocycles. The zero-order valence-corrected chi connectivity index (χ0v) is 11.3. The van der Waals surface area contributed by atoms with Crippen LogP contribution in [0, 0.1) is 11.3 Å². The first-order valence-corrected chi connectivity index (χ1v) is 6.53. The molecule has 3 N–H and O–H groups in total. The summed E-state index contributed by atoms with van der Waals surface area (Å²) in [6.45, 7) is 8.34. The van der Waals surface area contributed by atoms with E-state index in [1.54, 1.807) is 0 Å². The number of carbonyl (C=O) groups is 1. The second-order valence-electron chi connectivity index (χ2n) is 5.92. The van der Waals surface area contributed by atoms with Gasteiger partial charge in [0.1, 0.15) is 0 Å². The molecule has 1 rings (SSSR count). The van der Waals surface area contributed by atoms with Crippen molar-refractivity contribution < 1.29 is 9.53 Å². The molecule has 17 heavy (non-hydrogen) atoms. The number of rotatable bonds is 4. The summed E-state index contributed by atoms with van der Waals surface area (Å²) in [5, 5.41) is 3.13. The lowest BCUT2D eigenvalue weighted by molar-refractivity contribution is -0.130. The fraction of sp³-hybridized carbons (Fsp3) is 0.923. The van der Waals surface area contributed by atoms with Gasteiger partial charge in [-0.25, -0.2) is 0 Å². The van der Waals surface area contributed by atoms with E-state index in [9.17, 15) is 4.79 Å². The van der Waals surface area contributed by atoms with E-state index >= 15 is 0 Å². The predicted molar refractivity (Wildman–Crippen MR) is 68.6 cm³/mol. The van der Waals surface area contributed by atoms with Gasteiger partial charge < -0.3 is 15.8 Å². The summed E-state index contributed by atoms with van der Waals surface area (Å²) in [5.74, 6) is 0.143. The Kier molecular flexibility index (Phi) is 5.40. The Hall–Kier alpha value is -0.610. The minimum atomic E-state index is 0.0198. The Morgan fingerprint density at radius 2 is 2.24 bits per heavy atom. The molecule has 0 spiro atoms. The van der Waals surface area contributed by atoms with Gasteiger partial charge in [0.25, 0.3) is 0 Å². The summed E-state index contributed by atoms with van der Waals surface area (Å²) in [6.07, 6.45) is 2.74. The first-order chi connectivity index (χ1) is 7.95. The van der Waals surface area contributed by atoms with Crippen molar-refractivity contribution in [1.29, 1.82) is 0 Å². The molecule has 1 aliphatic rings. The molecule has 1 saturated heterocycles. The van der Waals surface area contributed by atoms with Crippen LogP contribution in [0.4, 0.5) is 0 Å². The van der Waals surface area contributed by atoms with Crippen molar-refractivity contribution in [2.45, 2.75) is 46.1 Å². The number of ether oxygens (including phenoxy) is 1. The summed E-state index contributed by atoms with van der Waals surface area (Å²) < 4.78 is 5.34. The maximum atomic E-state index is 12.1. The topological polar surface area (TPSA) is 64.3 Å². The highest BCUT2D eigenvalue weighted by atomic mass is 16.5. The predicted octanol–water partition coefficient (Wildman–Crippen LogP) is 1.29. The summed E-state index contributed by atoms with van der Waals surface area (Å²) in [5.41, 5.74) is 5.65. The zero-order valence-electron chi connectivity index (χ0n) is 11.3. The van der Waals surface area contributed by atoms with Crippen molar-refractivity contribution in [3.05, 3.63) is 0 Å². The van der Waals surface area contributed by atoms with Crippen LogP contribution >= 0.6 is 0 Å². The number of nitrogens with one attached hydrogen (secondary N) is 1. The van der Waals surface area contributed by atoms with Gasteiger partial charge in [0.15, 0.2) is 0 Å². The van der Waals surface area contributed by atoms with Crippen LogP contribution in [-0.4, -0.2) is 31.7 Å². The summed E-state index contributed by atoms with van der Waals surface area (Å²) in [4.78, 5) is 12.1. The van der Waals surface area contributed by atoms with Gasteiger partial charge in [-0.3, -0.25) is 4.79 Å². The number of carbonyl (C=O) groups excluding carboxylic acids is 1. The molecule has 0 bridgehead atoms. The third-order valence-corrected chi connectivity index (χ3v) is 3.35. The number of amides is 1. The van der Waals surface area contributed by atoms with E-state index in [4.69, 9.17) is 10.5 Å². The second kappa shape index (κ2) is 6.36. The lowest BCUT2D eigenvalue weighted by Crippen LogP contribution is -2.48. The van der Waals surface area contributed by atoms with Gasteiger partial charge in [-0.15, -0.1) is 0 Å². The molecule has 4 nitrogen and oxygen atoms in total. The molecule has 0 aromatic heterocycles. The smallest absolute Gasteiger partial charge is 0.225 e. The van der Waals surface area contributed by atoms with Crippen molar-refractivity contribution >= 4 is 5.91 Å². The largest absolute Gasteiger partial charge is 0.381 e. The molecule has 1 heterocycles. The van der Waals surface area contributed by atoms with Gasteiger partial charge in [-0.05, 0) is 31.2 Å². The highest BCUT2D eigenvalue weighted by Gasteiger charge is 2.29. The van der Waals surface area contributed by atoms with Crippen molar-refractivity contribution in [3.8, 4) is 0 Å². The SMILES string of the molecule is CC(C)(C)C(CCN)NC(=O)C1CCCOC1. The van der Waals surface area contributed by atoms with E-state index in [0.29, 0.717) is 13.2 Å². The number of hydrogen-bond donors (Lipinski definition) is 2. The monoisotopic (exact) mass is 242 g/mol. The fourth-order valence-electron chi connectivity index (χ4n) is 2.13. The molecule has 100 valence electrons. The van der Waals surface area contributed by atoms with Crippen molar-refractivity contribution in [2.24, 2.45) is 17.1 Å². The van der Waals surface area contributed by atoms with Crippen LogP contribution in [0.15, 0.2) is 0 Å². The van der Waals surface area contributed by atoms with E-state index in [1.807, 2.05) is 0 Å². The Morgan fingerprint density at radius 3 is 2.71 bits per heavy atom. The van der Waals surface area contributed by atoms with E-state index in [0.717, 1.165) is 25.9 Å². The third kappa shape index (κ3) is 4.64. The lowest BCUT2D eigenvalue weighted by atomic mass is 9.84. The first-order valence-electron chi connectivity index (χ1n) is 6.53. The third-order valence-electron chi connectivity index (χ3n) is 3.35. The molecule has 4 heteroatoms. The van der Waals surface area contributed by atoms with Crippen LogP contribution in [0.3, 0.4) is 0 Å². The van der Waals surface area contributed by atoms with E-state index in [-0.39, 0.29) is 23.3 Å². The molecule has 0 aromatic carbocycles.